The van der Waals surface area contributed by atoms with Crippen LogP contribution in [0, 0.1) is 29.4 Å². The van der Waals surface area contributed by atoms with Crippen molar-refractivity contribution in [2.75, 3.05) is 43.2 Å². The van der Waals surface area contributed by atoms with Crippen molar-refractivity contribution in [1.29, 1.82) is 0 Å². The number of phosphoric ester groups is 1. The average Bonchev–Trinajstić information content (AvgIpc) is 1.53. The summed E-state index contributed by atoms with van der Waals surface area (Å²) >= 11 is 6.71. The maximum atomic E-state index is 15.7. The summed E-state index contributed by atoms with van der Waals surface area (Å²) in [7, 11) is -14.2. The van der Waals surface area contributed by atoms with Crippen molar-refractivity contribution in [3.05, 3.63) is 93.0 Å². The van der Waals surface area contributed by atoms with Crippen molar-refractivity contribution in [2.45, 2.75) is 87.6 Å². The molecule has 2 aromatic carbocycles. The molecule has 3 aromatic heterocycles. The van der Waals surface area contributed by atoms with Crippen LogP contribution in [0.1, 0.15) is 79.0 Å². The number of ether oxygens (including phenoxy) is 1. The molecule has 2 aliphatic carbocycles. The third-order valence-corrected chi connectivity index (χ3v) is 16.9. The number of nitrogens with zero attached hydrogens (tertiary/aromatic N) is 7. The molecule has 1 saturated carbocycles. The minimum Gasteiger partial charge on any atom is -0.481 e. The molecule has 5 aromatic rings. The Morgan fingerprint density at radius 1 is 0.953 bits per heavy atom. The highest BCUT2D eigenvalue weighted by molar-refractivity contribution is 7.93. The first-order valence-corrected chi connectivity index (χ1v) is 30.1. The van der Waals surface area contributed by atoms with Gasteiger partial charge in [-0.1, -0.05) is 23.6 Å². The lowest BCUT2D eigenvalue weighted by Crippen LogP contribution is -2.49. The van der Waals surface area contributed by atoms with Crippen molar-refractivity contribution in [2.24, 2.45) is 5.92 Å². The summed E-state index contributed by atoms with van der Waals surface area (Å²) in [6.45, 7) is -4.49. The zero-order chi connectivity index (χ0) is 63.3. The number of alkyl halides is 8. The number of aromatic nitrogens is 5. The molecule has 37 heteroatoms. The quantitative estimate of drug-likeness (QED) is 0.0211. The van der Waals surface area contributed by atoms with Gasteiger partial charge in [0, 0.05) is 61.0 Å². The molecule has 85 heavy (non-hydrogen) atoms. The van der Waals surface area contributed by atoms with E-state index < -0.39 is 219 Å². The Kier molecular flexibility index (Phi) is 18.5. The van der Waals surface area contributed by atoms with Crippen molar-refractivity contribution in [3.8, 4) is 23.0 Å². The summed E-state index contributed by atoms with van der Waals surface area (Å²) in [5, 5.41) is 19.7. The fraction of sp³-hybridized carbons (Fsp3) is 0.438. The summed E-state index contributed by atoms with van der Waals surface area (Å²) < 4.78 is 220. The Hall–Kier alpha value is -7.09. The molecule has 3 heterocycles. The van der Waals surface area contributed by atoms with E-state index >= 15 is 8.78 Å². The molecule has 1 fully saturated rings. The fourth-order valence-corrected chi connectivity index (χ4v) is 10.6. The van der Waals surface area contributed by atoms with Gasteiger partial charge in [-0.25, -0.2) is 49.3 Å². The molecule has 2 aliphatic rings. The molecule has 462 valence electrons. The van der Waals surface area contributed by atoms with Gasteiger partial charge in [-0.3, -0.25) is 19.0 Å². The molecule has 0 spiro atoms. The lowest BCUT2D eigenvalue weighted by Gasteiger charge is -2.28. The number of nitrogens with one attached hydrogen (secondary N) is 2. The number of carbonyl (C=O) groups is 4. The second-order valence-electron chi connectivity index (χ2n) is 19.9. The molecule has 0 saturated heterocycles. The Morgan fingerprint density at radius 3 is 2.19 bits per heavy atom. The van der Waals surface area contributed by atoms with Crippen molar-refractivity contribution >= 4 is 80.0 Å². The van der Waals surface area contributed by atoms with Gasteiger partial charge >= 0.3 is 38.3 Å². The van der Waals surface area contributed by atoms with E-state index in [0.717, 1.165) is 42.7 Å². The van der Waals surface area contributed by atoms with Crippen LogP contribution in [-0.2, 0) is 74.9 Å². The van der Waals surface area contributed by atoms with Crippen LogP contribution in [0.5, 0.6) is 0 Å². The number of amides is 4. The molecule has 0 radical (unpaired) electrons. The van der Waals surface area contributed by atoms with E-state index in [-0.39, 0.29) is 31.3 Å². The van der Waals surface area contributed by atoms with E-state index in [1.54, 1.807) is 0 Å². The highest BCUT2D eigenvalue weighted by atomic mass is 35.5. The zero-order valence-electron chi connectivity index (χ0n) is 44.2. The van der Waals surface area contributed by atoms with Crippen LogP contribution in [-0.4, -0.2) is 135 Å². The van der Waals surface area contributed by atoms with Crippen LogP contribution < -0.4 is 14.9 Å². The summed E-state index contributed by atoms with van der Waals surface area (Å²) in [5.41, 5.74) is -6.70. The van der Waals surface area contributed by atoms with E-state index in [1.807, 2.05) is 0 Å². The van der Waals surface area contributed by atoms with Gasteiger partial charge in [-0.15, -0.1) is 0 Å². The number of carbonyl (C=O) groups excluding carboxylic acids is 3. The topological polar surface area (TPSA) is 312 Å². The summed E-state index contributed by atoms with van der Waals surface area (Å²) in [5.74, 6) is -8.06. The Balaban J connectivity index is 1.43. The van der Waals surface area contributed by atoms with Gasteiger partial charge < -0.3 is 35.2 Å². The van der Waals surface area contributed by atoms with Gasteiger partial charge in [0.1, 0.15) is 40.9 Å². The third kappa shape index (κ3) is 15.3. The predicted octanol–water partition coefficient (Wildman–Crippen LogP) is 7.14. The number of carboxylic acids is 1. The summed E-state index contributed by atoms with van der Waals surface area (Å²) in [4.78, 5) is 75.5. The molecule has 0 aliphatic heterocycles. The number of pyridine rings is 1. The molecule has 3 atom stereocenters. The fourth-order valence-electron chi connectivity index (χ4n) is 9.13. The predicted molar refractivity (Wildman–Crippen MR) is 276 cm³/mol. The van der Waals surface area contributed by atoms with Gasteiger partial charge in [0.25, 0.3) is 5.92 Å². The second kappa shape index (κ2) is 24.0. The highest BCUT2D eigenvalue weighted by Crippen LogP contribution is 2.68. The summed E-state index contributed by atoms with van der Waals surface area (Å²) in [6, 6.07) is 2.51. The van der Waals surface area contributed by atoms with E-state index in [9.17, 15) is 80.8 Å². The highest BCUT2D eigenvalue weighted by Gasteiger charge is 2.68. The standard InChI is InChI=1S/C48H47ClF10N9O14PS2/c1-45(2,84(3,77)78)12-11-27-7-8-28(38(61-27)33(18-24-16-25(50)19-26(51)17-24)62-34(69)21-66-41-36(40(63-66)48(57,58)59)30-20-31(30)47(41,55)56)29-9-10-32(49)37-39(29)67(22-46(52,53)54)64-42(37)68(85(4,79)80)44(73)65(14-5-6-35(70)71)15-13-60-43(72)81-23-82-83(74,75)76/h7-10,16-17,19,30-31,33H,5-6,13-15,18,20-23H2,1-4H3,(H,60,72)(H,62,69)(H,70,71)(H2,74,75,76)/t30?,31-,33+/m1/s1. The monoisotopic (exact) mass is 1290 g/mol. The van der Waals surface area contributed by atoms with Crippen LogP contribution in [0.3, 0.4) is 0 Å². The number of halogens is 11. The SMILES string of the molecule is CC(C)(C#Cc1ccc(-c2ccc(Cl)c3c(N(C(=O)N(CCCC(=O)O)CCNC(=O)OCOP(=O)(O)O)S(C)(=O)=O)nn(CC(F)(F)F)c23)c([C@H](Cc2cc(F)cc(F)c2)NC(=O)Cn2nc(C(F)(F)F)c3c2C(F)(F)[C@@H]2CC32)n1)S(C)(=O)=O. The number of hydrogen-bond acceptors (Lipinski definition) is 14. The van der Waals surface area contributed by atoms with E-state index in [0.29, 0.717) is 17.2 Å². The van der Waals surface area contributed by atoms with Crippen LogP contribution in [0.15, 0.2) is 42.5 Å². The molecule has 5 N–H and O–H groups in total. The molecular formula is C48H47ClF10N9O14PS2. The Bertz CT molecular complexity index is 3830. The first-order valence-electron chi connectivity index (χ1n) is 24.5. The number of aliphatic carboxylic acids is 1. The number of sulfonamides is 1. The van der Waals surface area contributed by atoms with E-state index in [2.05, 4.69) is 46.9 Å². The lowest BCUT2D eigenvalue weighted by molar-refractivity contribution is -0.143. The first kappa shape index (κ1) is 65.5. The zero-order valence-corrected chi connectivity index (χ0v) is 47.5. The van der Waals surface area contributed by atoms with Crippen LogP contribution in [0.25, 0.3) is 22.0 Å². The molecular weight excluding hydrogens is 1250 g/mol. The van der Waals surface area contributed by atoms with Crippen LogP contribution >= 0.6 is 19.4 Å². The normalized spacial score (nSPS) is 16.2. The number of sulfone groups is 1. The number of anilines is 1. The Morgan fingerprint density at radius 2 is 1.60 bits per heavy atom. The number of phosphoric acid groups is 1. The smallest absolute Gasteiger partial charge is 0.472 e. The van der Waals surface area contributed by atoms with Gasteiger partial charge in [-0.05, 0) is 80.8 Å². The van der Waals surface area contributed by atoms with Gasteiger partial charge in [0.05, 0.1) is 33.9 Å². The maximum absolute atomic E-state index is 15.7. The van der Waals surface area contributed by atoms with Crippen molar-refractivity contribution in [3.63, 3.8) is 0 Å². The van der Waals surface area contributed by atoms with E-state index in [1.165, 1.54) is 13.8 Å². The molecule has 4 amide bonds. The van der Waals surface area contributed by atoms with E-state index in [4.69, 9.17) is 21.4 Å². The van der Waals surface area contributed by atoms with Crippen molar-refractivity contribution < 1.29 is 109 Å². The first-order chi connectivity index (χ1) is 39.1. The molecule has 0 bridgehead atoms. The molecule has 7 rings (SSSR count). The average molecular weight is 1290 g/mol. The summed E-state index contributed by atoms with van der Waals surface area (Å²) in [6.07, 6.45) is -12.9. The van der Waals surface area contributed by atoms with Crippen molar-refractivity contribution in [1.82, 2.24) is 40.1 Å². The lowest BCUT2D eigenvalue weighted by atomic mass is 9.93. The molecule has 1 unspecified atom stereocenters. The number of urea groups is 1. The minimum atomic E-state index is -5.28. The van der Waals surface area contributed by atoms with Crippen LogP contribution in [0.2, 0.25) is 5.02 Å². The second-order valence-corrected chi connectivity index (χ2v) is 25.9. The Labute approximate surface area is 479 Å². The van der Waals surface area contributed by atoms with Gasteiger partial charge in [0.15, 0.2) is 21.3 Å². The van der Waals surface area contributed by atoms with Gasteiger partial charge in [0.2, 0.25) is 22.7 Å². The maximum Gasteiger partial charge on any atom is 0.472 e. The largest absolute Gasteiger partial charge is 0.481 e. The number of benzene rings is 2. The minimum absolute atomic E-state index is 0.114. The number of hydrogen-bond donors (Lipinski definition) is 5. The number of rotatable bonds is 21. The number of fused-ring (bicyclic) bond motifs is 4. The number of alkyl carbamates (subject to hydrolysis) is 1. The molecule has 23 nitrogen and oxygen atoms in total. The number of carboxylic acid groups (broad SMARTS) is 1. The third-order valence-electron chi connectivity index (χ3n) is 13.2. The van der Waals surface area contributed by atoms with Gasteiger partial charge in [-0.2, -0.15) is 49.6 Å². The van der Waals surface area contributed by atoms with Crippen LogP contribution in [0.4, 0.5) is 59.3 Å².